The zero-order valence-corrected chi connectivity index (χ0v) is 14.1. The standard InChI is InChI=1S/C18H15N5O3/c1-25-12-9-7-11(8-10-12)15-17(24)19-18-21-20-16(23(18)22-15)13-5-3-4-6-14(13)26-2/h3-10H,1-2H3,(H,19,21,24). The molecule has 130 valence electrons. The molecule has 4 rings (SSSR count). The van der Waals surface area contributed by atoms with Gasteiger partial charge in [0.05, 0.1) is 19.8 Å². The number of hydrogen-bond acceptors (Lipinski definition) is 6. The van der Waals surface area contributed by atoms with Gasteiger partial charge in [-0.1, -0.05) is 12.1 Å². The van der Waals surface area contributed by atoms with E-state index < -0.39 is 0 Å². The van der Waals surface area contributed by atoms with Gasteiger partial charge in [0.25, 0.3) is 11.3 Å². The second-order valence-electron chi connectivity index (χ2n) is 5.49. The highest BCUT2D eigenvalue weighted by Gasteiger charge is 2.16. The summed E-state index contributed by atoms with van der Waals surface area (Å²) in [7, 11) is 3.17. The summed E-state index contributed by atoms with van der Waals surface area (Å²) < 4.78 is 12.0. The van der Waals surface area contributed by atoms with Crippen molar-refractivity contribution < 1.29 is 9.47 Å². The quantitative estimate of drug-likeness (QED) is 0.607. The lowest BCUT2D eigenvalue weighted by atomic mass is 10.1. The van der Waals surface area contributed by atoms with Gasteiger partial charge in [-0.2, -0.15) is 9.61 Å². The molecular weight excluding hydrogens is 334 g/mol. The largest absolute Gasteiger partial charge is 0.497 e. The number of rotatable bonds is 4. The van der Waals surface area contributed by atoms with E-state index in [-0.39, 0.29) is 17.0 Å². The van der Waals surface area contributed by atoms with Crippen LogP contribution in [0.1, 0.15) is 0 Å². The van der Waals surface area contributed by atoms with Crippen LogP contribution in [0.3, 0.4) is 0 Å². The van der Waals surface area contributed by atoms with Crippen molar-refractivity contribution in [2.45, 2.75) is 0 Å². The molecule has 0 fully saturated rings. The van der Waals surface area contributed by atoms with Gasteiger partial charge in [0, 0.05) is 5.56 Å². The molecule has 1 N–H and O–H groups in total. The number of nitrogens with one attached hydrogen (secondary N) is 1. The molecule has 26 heavy (non-hydrogen) atoms. The van der Waals surface area contributed by atoms with E-state index in [9.17, 15) is 4.79 Å². The normalized spacial score (nSPS) is 10.8. The van der Waals surface area contributed by atoms with E-state index in [0.29, 0.717) is 22.9 Å². The van der Waals surface area contributed by atoms with Crippen molar-refractivity contribution in [2.24, 2.45) is 0 Å². The minimum absolute atomic E-state index is 0.258. The van der Waals surface area contributed by atoms with Crippen molar-refractivity contribution >= 4 is 5.78 Å². The van der Waals surface area contributed by atoms with E-state index in [2.05, 4.69) is 20.3 Å². The number of fused-ring (bicyclic) bond motifs is 1. The van der Waals surface area contributed by atoms with E-state index in [1.165, 1.54) is 4.52 Å². The summed E-state index contributed by atoms with van der Waals surface area (Å²) in [6.45, 7) is 0. The molecule has 2 aromatic carbocycles. The van der Waals surface area contributed by atoms with Crippen LogP contribution in [0.25, 0.3) is 28.4 Å². The molecule has 2 heterocycles. The molecule has 0 atom stereocenters. The Bertz CT molecular complexity index is 1130. The lowest BCUT2D eigenvalue weighted by Crippen LogP contribution is -2.15. The summed E-state index contributed by atoms with van der Waals surface area (Å²) in [5.74, 6) is 2.07. The third-order valence-electron chi connectivity index (χ3n) is 3.99. The van der Waals surface area contributed by atoms with Gasteiger partial charge in [-0.05, 0) is 36.4 Å². The average molecular weight is 349 g/mol. The predicted molar refractivity (Wildman–Crippen MR) is 95.4 cm³/mol. The summed E-state index contributed by atoms with van der Waals surface area (Å²) in [4.78, 5) is 15.1. The Morgan fingerprint density at radius 1 is 0.962 bits per heavy atom. The van der Waals surface area contributed by atoms with Crippen molar-refractivity contribution in [1.29, 1.82) is 0 Å². The van der Waals surface area contributed by atoms with Crippen LogP contribution in [0.2, 0.25) is 0 Å². The highest BCUT2D eigenvalue weighted by molar-refractivity contribution is 5.66. The maximum atomic E-state index is 12.4. The van der Waals surface area contributed by atoms with Crippen molar-refractivity contribution in [1.82, 2.24) is 24.8 Å². The molecular formula is C18H15N5O3. The Hall–Kier alpha value is -3.68. The summed E-state index contributed by atoms with van der Waals surface area (Å²) in [5.41, 5.74) is 1.30. The fourth-order valence-corrected chi connectivity index (χ4v) is 2.69. The van der Waals surface area contributed by atoms with Gasteiger partial charge in [0.15, 0.2) is 11.5 Å². The third kappa shape index (κ3) is 2.57. The first-order valence-corrected chi connectivity index (χ1v) is 7.85. The molecule has 0 saturated carbocycles. The number of aromatic amines is 1. The van der Waals surface area contributed by atoms with Crippen LogP contribution in [0.4, 0.5) is 0 Å². The first kappa shape index (κ1) is 15.8. The maximum absolute atomic E-state index is 12.4. The van der Waals surface area contributed by atoms with Crippen molar-refractivity contribution in [3.63, 3.8) is 0 Å². The van der Waals surface area contributed by atoms with Crippen molar-refractivity contribution in [3.05, 3.63) is 58.9 Å². The van der Waals surface area contributed by atoms with Crippen LogP contribution in [0, 0.1) is 0 Å². The van der Waals surface area contributed by atoms with Crippen LogP contribution >= 0.6 is 0 Å². The van der Waals surface area contributed by atoms with Gasteiger partial charge in [0.1, 0.15) is 11.5 Å². The van der Waals surface area contributed by atoms with E-state index in [1.807, 2.05) is 24.3 Å². The molecule has 0 amide bonds. The Labute approximate surface area is 148 Å². The zero-order chi connectivity index (χ0) is 18.1. The lowest BCUT2D eigenvalue weighted by Gasteiger charge is -2.07. The van der Waals surface area contributed by atoms with E-state index in [4.69, 9.17) is 9.47 Å². The Morgan fingerprint density at radius 3 is 2.46 bits per heavy atom. The third-order valence-corrected chi connectivity index (χ3v) is 3.99. The summed E-state index contributed by atoms with van der Waals surface area (Å²) in [6.07, 6.45) is 0. The zero-order valence-electron chi connectivity index (χ0n) is 14.1. The smallest absolute Gasteiger partial charge is 0.279 e. The number of para-hydroxylation sites is 1. The lowest BCUT2D eigenvalue weighted by molar-refractivity contribution is 0.415. The molecule has 8 nitrogen and oxygen atoms in total. The van der Waals surface area contributed by atoms with Crippen molar-refractivity contribution in [2.75, 3.05) is 14.2 Å². The summed E-state index contributed by atoms with van der Waals surface area (Å²) in [5, 5.41) is 12.6. The van der Waals surface area contributed by atoms with Crippen LogP contribution in [-0.2, 0) is 0 Å². The van der Waals surface area contributed by atoms with Gasteiger partial charge in [0.2, 0.25) is 0 Å². The Morgan fingerprint density at radius 2 is 1.73 bits per heavy atom. The second kappa shape index (κ2) is 6.32. The van der Waals surface area contributed by atoms with Gasteiger partial charge in [-0.25, -0.2) is 0 Å². The molecule has 0 aliphatic carbocycles. The molecule has 2 aromatic heterocycles. The summed E-state index contributed by atoms with van der Waals surface area (Å²) >= 11 is 0. The second-order valence-corrected chi connectivity index (χ2v) is 5.49. The number of H-pyrrole nitrogens is 1. The SMILES string of the molecule is COc1ccc(-c2nn3c(-c4ccccc4OC)nnc3[nH]c2=O)cc1. The number of nitrogens with zero attached hydrogens (tertiary/aromatic N) is 4. The predicted octanol–water partition coefficient (Wildman–Crippen LogP) is 2.16. The fourth-order valence-electron chi connectivity index (χ4n) is 2.69. The fraction of sp³-hybridized carbons (Fsp3) is 0.111. The molecule has 0 radical (unpaired) electrons. The van der Waals surface area contributed by atoms with Crippen LogP contribution < -0.4 is 15.0 Å². The topological polar surface area (TPSA) is 94.4 Å². The van der Waals surface area contributed by atoms with Crippen LogP contribution in [-0.4, -0.2) is 39.0 Å². The number of aromatic nitrogens is 5. The summed E-state index contributed by atoms with van der Waals surface area (Å²) in [6, 6.07) is 14.5. The highest BCUT2D eigenvalue weighted by Crippen LogP contribution is 2.28. The number of benzene rings is 2. The molecule has 0 bridgehead atoms. The van der Waals surface area contributed by atoms with Crippen molar-refractivity contribution in [3.8, 4) is 34.1 Å². The molecule has 4 aromatic rings. The molecule has 8 heteroatoms. The monoisotopic (exact) mass is 349 g/mol. The van der Waals surface area contributed by atoms with Crippen LogP contribution in [0.15, 0.2) is 53.3 Å². The van der Waals surface area contributed by atoms with Gasteiger partial charge >= 0.3 is 0 Å². The minimum Gasteiger partial charge on any atom is -0.497 e. The number of methoxy groups -OCH3 is 2. The molecule has 0 unspecified atom stereocenters. The van der Waals surface area contributed by atoms with Crippen LogP contribution in [0.5, 0.6) is 11.5 Å². The molecule has 0 spiro atoms. The first-order valence-electron chi connectivity index (χ1n) is 7.85. The van der Waals surface area contributed by atoms with Gasteiger partial charge in [-0.15, -0.1) is 10.2 Å². The number of ether oxygens (including phenoxy) is 2. The maximum Gasteiger partial charge on any atom is 0.279 e. The van der Waals surface area contributed by atoms with Gasteiger partial charge < -0.3 is 9.47 Å². The number of hydrogen-bond donors (Lipinski definition) is 1. The Balaban J connectivity index is 1.91. The highest BCUT2D eigenvalue weighted by atomic mass is 16.5. The van der Waals surface area contributed by atoms with E-state index >= 15 is 0 Å². The molecule has 0 aliphatic heterocycles. The van der Waals surface area contributed by atoms with E-state index in [1.54, 1.807) is 38.5 Å². The Kier molecular flexibility index (Phi) is 3.85. The average Bonchev–Trinajstić information content (AvgIpc) is 3.09. The first-order chi connectivity index (χ1) is 12.7. The molecule has 0 aliphatic rings. The molecule has 0 saturated heterocycles. The van der Waals surface area contributed by atoms with Gasteiger partial charge in [-0.3, -0.25) is 9.78 Å². The minimum atomic E-state index is -0.346. The van der Waals surface area contributed by atoms with E-state index in [0.717, 1.165) is 5.56 Å².